The molecule has 0 bridgehead atoms. The molecule has 2 atom stereocenters. The van der Waals surface area contributed by atoms with Crippen LogP contribution >= 0.6 is 23.8 Å². The molecule has 0 spiro atoms. The van der Waals surface area contributed by atoms with Gasteiger partial charge in [-0.25, -0.2) is 0 Å². The van der Waals surface area contributed by atoms with Crippen LogP contribution in [-0.4, -0.2) is 22.8 Å². The lowest BCUT2D eigenvalue weighted by Crippen LogP contribution is -2.47. The summed E-state index contributed by atoms with van der Waals surface area (Å²) >= 11 is 11.1. The fourth-order valence-corrected chi connectivity index (χ4v) is 2.42. The summed E-state index contributed by atoms with van der Waals surface area (Å²) in [7, 11) is 1.76. The molecule has 1 aromatic carbocycles. The lowest BCUT2D eigenvalue weighted by atomic mass is 9.85. The molecular weight excluding hydrogens is 292 g/mol. The van der Waals surface area contributed by atoms with Gasteiger partial charge in [0.15, 0.2) is 0 Å². The minimum atomic E-state index is -0.809. The standard InChI is InChI=1S/C15H21ClN2OS/c1-5-15(3,13(17)20)14(19)18(4)10(2)11-7-6-8-12(16)9-11/h6-10H,5H2,1-4H3,(H2,17,20). The average Bonchev–Trinajstić information content (AvgIpc) is 2.43. The van der Waals surface area contributed by atoms with E-state index in [1.807, 2.05) is 38.1 Å². The molecule has 1 rings (SSSR count). The Morgan fingerprint density at radius 2 is 2.15 bits per heavy atom. The number of benzene rings is 1. The maximum absolute atomic E-state index is 12.7. The summed E-state index contributed by atoms with van der Waals surface area (Å²) in [6.07, 6.45) is 0.577. The molecule has 0 aliphatic carbocycles. The molecule has 1 aromatic rings. The monoisotopic (exact) mass is 312 g/mol. The number of rotatable bonds is 5. The highest BCUT2D eigenvalue weighted by Gasteiger charge is 2.38. The minimum absolute atomic E-state index is 0.0695. The Labute approximate surface area is 131 Å². The van der Waals surface area contributed by atoms with Crippen molar-refractivity contribution in [2.24, 2.45) is 11.1 Å². The first-order chi connectivity index (χ1) is 9.24. The number of carbonyl (C=O) groups excluding carboxylic acids is 1. The zero-order valence-corrected chi connectivity index (χ0v) is 13.9. The summed E-state index contributed by atoms with van der Waals surface area (Å²) in [6, 6.07) is 7.40. The Bertz CT molecular complexity index is 520. The van der Waals surface area contributed by atoms with E-state index in [2.05, 4.69) is 0 Å². The van der Waals surface area contributed by atoms with Gasteiger partial charge in [-0.1, -0.05) is 42.9 Å². The van der Waals surface area contributed by atoms with Crippen LogP contribution in [-0.2, 0) is 4.79 Å². The Balaban J connectivity index is 3.02. The van der Waals surface area contributed by atoms with E-state index in [0.29, 0.717) is 11.4 Å². The molecule has 0 saturated heterocycles. The molecule has 2 N–H and O–H groups in total. The number of nitrogens with zero attached hydrogens (tertiary/aromatic N) is 1. The van der Waals surface area contributed by atoms with Crippen LogP contribution in [0.1, 0.15) is 38.8 Å². The molecular formula is C15H21ClN2OS. The average molecular weight is 313 g/mol. The van der Waals surface area contributed by atoms with Crippen LogP contribution in [0.3, 0.4) is 0 Å². The van der Waals surface area contributed by atoms with Gasteiger partial charge in [0.1, 0.15) is 0 Å². The summed E-state index contributed by atoms with van der Waals surface area (Å²) in [5, 5.41) is 0.655. The number of thiocarbonyl (C=S) groups is 1. The molecule has 1 amide bonds. The first-order valence-corrected chi connectivity index (χ1v) is 7.35. The highest BCUT2D eigenvalue weighted by atomic mass is 35.5. The summed E-state index contributed by atoms with van der Waals surface area (Å²) < 4.78 is 0. The molecule has 3 nitrogen and oxygen atoms in total. The largest absolute Gasteiger partial charge is 0.392 e. The number of nitrogens with two attached hydrogens (primary N) is 1. The molecule has 0 saturated carbocycles. The van der Waals surface area contributed by atoms with Gasteiger partial charge in [-0.2, -0.15) is 0 Å². The first kappa shape index (κ1) is 16.9. The number of halogens is 1. The van der Waals surface area contributed by atoms with Gasteiger partial charge in [0.25, 0.3) is 0 Å². The quantitative estimate of drug-likeness (QED) is 0.846. The molecule has 0 aliphatic rings. The third-order valence-corrected chi connectivity index (χ3v) is 4.64. The maximum Gasteiger partial charge on any atom is 0.235 e. The van der Waals surface area contributed by atoms with E-state index in [1.165, 1.54) is 0 Å². The molecule has 0 aliphatic heterocycles. The van der Waals surface area contributed by atoms with E-state index >= 15 is 0 Å². The second-order valence-corrected chi connectivity index (χ2v) is 6.07. The van der Waals surface area contributed by atoms with E-state index in [1.54, 1.807) is 18.9 Å². The highest BCUT2D eigenvalue weighted by Crippen LogP contribution is 2.29. The van der Waals surface area contributed by atoms with Gasteiger partial charge in [-0.05, 0) is 38.0 Å². The molecule has 5 heteroatoms. The smallest absolute Gasteiger partial charge is 0.235 e. The van der Waals surface area contributed by atoms with Gasteiger partial charge in [0, 0.05) is 12.1 Å². The lowest BCUT2D eigenvalue weighted by molar-refractivity contribution is -0.138. The zero-order chi connectivity index (χ0) is 15.5. The van der Waals surface area contributed by atoms with Crippen LogP contribution in [0.4, 0.5) is 0 Å². The summed E-state index contributed by atoms with van der Waals surface area (Å²) in [5.41, 5.74) is 5.92. The number of carbonyl (C=O) groups is 1. The second-order valence-electron chi connectivity index (χ2n) is 5.20. The maximum atomic E-state index is 12.7. The van der Waals surface area contributed by atoms with Gasteiger partial charge in [-0.3, -0.25) is 4.79 Å². The molecule has 0 heterocycles. The Kier molecular flexibility index (Phi) is 5.54. The van der Waals surface area contributed by atoms with Gasteiger partial charge in [0.05, 0.1) is 16.4 Å². The second kappa shape index (κ2) is 6.55. The van der Waals surface area contributed by atoms with E-state index in [0.717, 1.165) is 5.56 Å². The Morgan fingerprint density at radius 1 is 1.55 bits per heavy atom. The van der Waals surface area contributed by atoms with Crippen LogP contribution < -0.4 is 5.73 Å². The third kappa shape index (κ3) is 3.30. The van der Waals surface area contributed by atoms with Gasteiger partial charge < -0.3 is 10.6 Å². The zero-order valence-electron chi connectivity index (χ0n) is 12.3. The van der Waals surface area contributed by atoms with Crippen molar-refractivity contribution in [1.29, 1.82) is 0 Å². The summed E-state index contributed by atoms with van der Waals surface area (Å²) in [6.45, 7) is 5.66. The van der Waals surface area contributed by atoms with Crippen molar-refractivity contribution in [2.75, 3.05) is 7.05 Å². The van der Waals surface area contributed by atoms with Crippen molar-refractivity contribution < 1.29 is 4.79 Å². The molecule has 110 valence electrons. The van der Waals surface area contributed by atoms with E-state index in [9.17, 15) is 4.79 Å². The molecule has 0 aromatic heterocycles. The summed E-state index contributed by atoms with van der Waals surface area (Å²) in [5.74, 6) is -0.0695. The van der Waals surface area contributed by atoms with Crippen LogP contribution in [0.15, 0.2) is 24.3 Å². The third-order valence-electron chi connectivity index (χ3n) is 3.96. The predicted octanol–water partition coefficient (Wildman–Crippen LogP) is 3.56. The molecule has 20 heavy (non-hydrogen) atoms. The van der Waals surface area contributed by atoms with Crippen molar-refractivity contribution in [1.82, 2.24) is 4.90 Å². The fraction of sp³-hybridized carbons (Fsp3) is 0.467. The van der Waals surface area contributed by atoms with Gasteiger partial charge >= 0.3 is 0 Å². The van der Waals surface area contributed by atoms with Crippen LogP contribution in [0.2, 0.25) is 5.02 Å². The number of hydrogen-bond donors (Lipinski definition) is 1. The minimum Gasteiger partial charge on any atom is -0.392 e. The highest BCUT2D eigenvalue weighted by molar-refractivity contribution is 7.80. The van der Waals surface area contributed by atoms with E-state index in [4.69, 9.17) is 29.6 Å². The lowest BCUT2D eigenvalue weighted by Gasteiger charge is -2.34. The van der Waals surface area contributed by atoms with Crippen molar-refractivity contribution >= 4 is 34.7 Å². The topological polar surface area (TPSA) is 46.3 Å². The van der Waals surface area contributed by atoms with E-state index < -0.39 is 5.41 Å². The van der Waals surface area contributed by atoms with Crippen molar-refractivity contribution in [3.8, 4) is 0 Å². The van der Waals surface area contributed by atoms with Gasteiger partial charge in [0.2, 0.25) is 5.91 Å². The van der Waals surface area contributed by atoms with Crippen molar-refractivity contribution in [3.05, 3.63) is 34.9 Å². The number of amides is 1. The Hall–Kier alpha value is -1.13. The fourth-order valence-electron chi connectivity index (χ4n) is 1.99. The van der Waals surface area contributed by atoms with Crippen LogP contribution in [0.25, 0.3) is 0 Å². The number of hydrogen-bond acceptors (Lipinski definition) is 2. The SMILES string of the molecule is CCC(C)(C(=O)N(C)C(C)c1cccc(Cl)c1)C(N)=S. The van der Waals surface area contributed by atoms with Crippen LogP contribution in [0, 0.1) is 5.41 Å². The molecule has 2 unspecified atom stereocenters. The normalized spacial score (nSPS) is 15.2. The van der Waals surface area contributed by atoms with Crippen molar-refractivity contribution in [3.63, 3.8) is 0 Å². The first-order valence-electron chi connectivity index (χ1n) is 6.56. The van der Waals surface area contributed by atoms with E-state index in [-0.39, 0.29) is 16.9 Å². The predicted molar refractivity (Wildman–Crippen MR) is 87.8 cm³/mol. The van der Waals surface area contributed by atoms with Crippen LogP contribution in [0.5, 0.6) is 0 Å². The molecule has 0 fully saturated rings. The Morgan fingerprint density at radius 3 is 2.60 bits per heavy atom. The van der Waals surface area contributed by atoms with Crippen molar-refractivity contribution in [2.45, 2.75) is 33.2 Å². The van der Waals surface area contributed by atoms with Gasteiger partial charge in [-0.15, -0.1) is 0 Å². The molecule has 0 radical (unpaired) electrons. The summed E-state index contributed by atoms with van der Waals surface area (Å²) in [4.78, 5) is 14.6.